The van der Waals surface area contributed by atoms with Crippen LogP contribution >= 0.6 is 0 Å². The normalized spacial score (nSPS) is 14.9. The van der Waals surface area contributed by atoms with Crippen molar-refractivity contribution in [1.29, 1.82) is 0 Å². The van der Waals surface area contributed by atoms with E-state index in [1.54, 1.807) is 13.8 Å². The summed E-state index contributed by atoms with van der Waals surface area (Å²) in [6.45, 7) is 11.2. The standard InChI is InChI=1S/2C6H13NO2.C5H11NO2/c1-4(2)3-5(7)6(8)9;1-3-4(2)5(7)6(8)9;1-3(2)4(6)5(7)8/h2*4-5H,3,7H2,1-2H3,(H,8,9);3-4H,6H2,1-2H3,(H,7,8)/t5-;4?,5-;4-/m000/s1. The van der Waals surface area contributed by atoms with Crippen molar-refractivity contribution in [3.8, 4) is 0 Å². The molecule has 0 aromatic rings. The second-order valence-corrected chi connectivity index (χ2v) is 6.93. The van der Waals surface area contributed by atoms with Crippen LogP contribution in [0.1, 0.15) is 54.4 Å². The molecular formula is C17H37N3O6. The molecule has 0 saturated carbocycles. The first-order chi connectivity index (χ1) is 11.7. The zero-order chi connectivity index (χ0) is 21.6. The SMILES string of the molecule is CC(C)C[C@H](N)C(=O)O.CC(C)[C@H](N)C(=O)O.CCC(C)[C@H](N)C(=O)O. The number of hydrogen-bond donors (Lipinski definition) is 6. The van der Waals surface area contributed by atoms with Gasteiger partial charge in [-0.05, 0) is 24.2 Å². The topological polar surface area (TPSA) is 190 Å². The van der Waals surface area contributed by atoms with E-state index in [0.717, 1.165) is 6.42 Å². The molecule has 1 unspecified atom stereocenters. The third kappa shape index (κ3) is 17.1. The molecule has 156 valence electrons. The molecule has 0 radical (unpaired) electrons. The molecule has 9 nitrogen and oxygen atoms in total. The van der Waals surface area contributed by atoms with Crippen molar-refractivity contribution in [1.82, 2.24) is 0 Å². The van der Waals surface area contributed by atoms with Crippen LogP contribution in [-0.4, -0.2) is 51.4 Å². The molecule has 0 aliphatic rings. The molecule has 0 aliphatic heterocycles. The molecule has 0 amide bonds. The Hall–Kier alpha value is -1.71. The van der Waals surface area contributed by atoms with Crippen LogP contribution in [0.2, 0.25) is 0 Å². The van der Waals surface area contributed by atoms with Crippen LogP contribution < -0.4 is 17.2 Å². The largest absolute Gasteiger partial charge is 0.480 e. The number of carboxylic acid groups (broad SMARTS) is 3. The zero-order valence-electron chi connectivity index (χ0n) is 16.7. The van der Waals surface area contributed by atoms with Gasteiger partial charge in [0.1, 0.15) is 18.1 Å². The highest BCUT2D eigenvalue weighted by atomic mass is 16.4. The summed E-state index contributed by atoms with van der Waals surface area (Å²) in [6, 6.07) is -2.10. The third-order valence-electron chi connectivity index (χ3n) is 3.59. The van der Waals surface area contributed by atoms with Crippen molar-refractivity contribution in [2.24, 2.45) is 35.0 Å². The number of rotatable bonds is 8. The highest BCUT2D eigenvalue weighted by molar-refractivity contribution is 5.73. The first-order valence-electron chi connectivity index (χ1n) is 8.63. The van der Waals surface area contributed by atoms with Gasteiger partial charge < -0.3 is 32.5 Å². The van der Waals surface area contributed by atoms with Crippen LogP contribution in [0.25, 0.3) is 0 Å². The zero-order valence-corrected chi connectivity index (χ0v) is 16.7. The quantitative estimate of drug-likeness (QED) is 0.356. The molecule has 0 aromatic carbocycles. The molecule has 0 saturated heterocycles. The van der Waals surface area contributed by atoms with Gasteiger partial charge in [0, 0.05) is 0 Å². The highest BCUT2D eigenvalue weighted by Crippen LogP contribution is 2.04. The van der Waals surface area contributed by atoms with Crippen molar-refractivity contribution in [2.45, 2.75) is 72.5 Å². The van der Waals surface area contributed by atoms with Gasteiger partial charge in [0.25, 0.3) is 0 Å². The van der Waals surface area contributed by atoms with Crippen molar-refractivity contribution in [2.75, 3.05) is 0 Å². The van der Waals surface area contributed by atoms with E-state index in [2.05, 4.69) is 0 Å². The first-order valence-corrected chi connectivity index (χ1v) is 8.63. The van der Waals surface area contributed by atoms with Crippen molar-refractivity contribution < 1.29 is 29.7 Å². The summed E-state index contributed by atoms with van der Waals surface area (Å²) in [7, 11) is 0. The smallest absolute Gasteiger partial charge is 0.320 e. The van der Waals surface area contributed by atoms with E-state index in [1.807, 2.05) is 27.7 Å². The molecule has 4 atom stereocenters. The molecule has 9 heteroatoms. The van der Waals surface area contributed by atoms with Crippen LogP contribution in [-0.2, 0) is 14.4 Å². The monoisotopic (exact) mass is 379 g/mol. The summed E-state index contributed by atoms with van der Waals surface area (Å²) in [4.78, 5) is 30.3. The fourth-order valence-corrected chi connectivity index (χ4v) is 1.39. The average molecular weight is 379 g/mol. The average Bonchev–Trinajstić information content (AvgIpc) is 2.52. The molecule has 0 spiro atoms. The Balaban J connectivity index is -0.000000306. The summed E-state index contributed by atoms with van der Waals surface area (Å²) >= 11 is 0. The summed E-state index contributed by atoms with van der Waals surface area (Å²) in [6.07, 6.45) is 1.36. The lowest BCUT2D eigenvalue weighted by Crippen LogP contribution is -2.36. The lowest BCUT2D eigenvalue weighted by Gasteiger charge is -2.11. The molecule has 26 heavy (non-hydrogen) atoms. The molecule has 0 aromatic heterocycles. The summed E-state index contributed by atoms with van der Waals surface area (Å²) in [5.41, 5.74) is 15.6. The Morgan fingerprint density at radius 2 is 1.15 bits per heavy atom. The minimum Gasteiger partial charge on any atom is -0.480 e. The molecule has 0 fully saturated rings. The van der Waals surface area contributed by atoms with E-state index >= 15 is 0 Å². The van der Waals surface area contributed by atoms with E-state index < -0.39 is 36.0 Å². The molecular weight excluding hydrogens is 342 g/mol. The number of carbonyl (C=O) groups is 3. The van der Waals surface area contributed by atoms with E-state index in [-0.39, 0.29) is 11.8 Å². The second kappa shape index (κ2) is 15.5. The Bertz CT molecular complexity index is 415. The predicted octanol–water partition coefficient (Wildman–Crippen LogP) is 0.943. The Labute approximate surface area is 155 Å². The maximum atomic E-state index is 10.2. The lowest BCUT2D eigenvalue weighted by atomic mass is 10.0. The van der Waals surface area contributed by atoms with Crippen LogP contribution in [0.3, 0.4) is 0 Å². The maximum Gasteiger partial charge on any atom is 0.320 e. The van der Waals surface area contributed by atoms with Crippen LogP contribution in [0.15, 0.2) is 0 Å². The van der Waals surface area contributed by atoms with Gasteiger partial charge in [-0.2, -0.15) is 0 Å². The molecule has 0 bridgehead atoms. The molecule has 0 aliphatic carbocycles. The van der Waals surface area contributed by atoms with Gasteiger partial charge in [-0.1, -0.05) is 48.0 Å². The summed E-state index contributed by atoms with van der Waals surface area (Å²) in [5, 5.41) is 24.9. The van der Waals surface area contributed by atoms with Gasteiger partial charge in [0.2, 0.25) is 0 Å². The number of aliphatic carboxylic acids is 3. The van der Waals surface area contributed by atoms with Gasteiger partial charge in [0.15, 0.2) is 0 Å². The van der Waals surface area contributed by atoms with Crippen molar-refractivity contribution in [3.05, 3.63) is 0 Å². The second-order valence-electron chi connectivity index (χ2n) is 6.93. The van der Waals surface area contributed by atoms with Gasteiger partial charge in [-0.25, -0.2) is 0 Å². The van der Waals surface area contributed by atoms with Crippen molar-refractivity contribution in [3.63, 3.8) is 0 Å². The van der Waals surface area contributed by atoms with E-state index in [1.165, 1.54) is 0 Å². The Morgan fingerprint density at radius 3 is 1.23 bits per heavy atom. The maximum absolute atomic E-state index is 10.2. The predicted molar refractivity (Wildman–Crippen MR) is 101 cm³/mol. The van der Waals surface area contributed by atoms with Gasteiger partial charge in [0.05, 0.1) is 0 Å². The fourth-order valence-electron chi connectivity index (χ4n) is 1.39. The molecule has 0 heterocycles. The Morgan fingerprint density at radius 1 is 0.769 bits per heavy atom. The van der Waals surface area contributed by atoms with Crippen LogP contribution in [0, 0.1) is 17.8 Å². The van der Waals surface area contributed by atoms with E-state index in [9.17, 15) is 14.4 Å². The van der Waals surface area contributed by atoms with E-state index in [4.69, 9.17) is 32.5 Å². The number of nitrogens with two attached hydrogens (primary N) is 3. The number of carboxylic acids is 3. The minimum atomic E-state index is -0.931. The van der Waals surface area contributed by atoms with Gasteiger partial charge in [-0.3, -0.25) is 14.4 Å². The van der Waals surface area contributed by atoms with Gasteiger partial charge >= 0.3 is 17.9 Å². The third-order valence-corrected chi connectivity index (χ3v) is 3.59. The first kappa shape index (κ1) is 29.1. The van der Waals surface area contributed by atoms with Crippen LogP contribution in [0.5, 0.6) is 0 Å². The van der Waals surface area contributed by atoms with Crippen LogP contribution in [0.4, 0.5) is 0 Å². The number of hydrogen-bond acceptors (Lipinski definition) is 6. The molecule has 9 N–H and O–H groups in total. The minimum absolute atomic E-state index is 0.0208. The lowest BCUT2D eigenvalue weighted by molar-refractivity contribution is -0.140. The van der Waals surface area contributed by atoms with Crippen molar-refractivity contribution >= 4 is 17.9 Å². The summed E-state index contributed by atoms with van der Waals surface area (Å²) in [5.74, 6) is -2.31. The van der Waals surface area contributed by atoms with Gasteiger partial charge in [-0.15, -0.1) is 0 Å². The fraction of sp³-hybridized carbons (Fsp3) is 0.824. The summed E-state index contributed by atoms with van der Waals surface area (Å²) < 4.78 is 0. The van der Waals surface area contributed by atoms with E-state index in [0.29, 0.717) is 12.3 Å². The molecule has 0 rings (SSSR count). The highest BCUT2D eigenvalue weighted by Gasteiger charge is 2.17. The Kier molecular flexibility index (Phi) is 17.4.